The Kier molecular flexibility index (Phi) is 5.53. The zero-order valence-electron chi connectivity index (χ0n) is 13.5. The summed E-state index contributed by atoms with van der Waals surface area (Å²) >= 11 is 0. The van der Waals surface area contributed by atoms with E-state index in [1.54, 1.807) is 6.92 Å². The molecular formula is C16H19N3O4S. The van der Waals surface area contributed by atoms with E-state index in [9.17, 15) is 18.5 Å². The number of nitrogens with one attached hydrogen (secondary N) is 1. The summed E-state index contributed by atoms with van der Waals surface area (Å²) in [7, 11) is -1.93. The van der Waals surface area contributed by atoms with Crippen LogP contribution in [0.25, 0.3) is 0 Å². The van der Waals surface area contributed by atoms with Crippen molar-refractivity contribution in [2.45, 2.75) is 11.8 Å². The van der Waals surface area contributed by atoms with Gasteiger partial charge in [-0.1, -0.05) is 24.3 Å². The average molecular weight is 349 g/mol. The van der Waals surface area contributed by atoms with Crippen molar-refractivity contribution in [3.63, 3.8) is 0 Å². The highest BCUT2D eigenvalue weighted by Gasteiger charge is 2.19. The Morgan fingerprint density at radius 3 is 2.46 bits per heavy atom. The second-order valence-electron chi connectivity index (χ2n) is 5.36. The molecule has 0 heterocycles. The maximum atomic E-state index is 12.3. The van der Waals surface area contributed by atoms with Crippen LogP contribution >= 0.6 is 0 Å². The van der Waals surface area contributed by atoms with Crippen LogP contribution in [0.5, 0.6) is 0 Å². The van der Waals surface area contributed by atoms with Gasteiger partial charge in [0.1, 0.15) is 0 Å². The average Bonchev–Trinajstić information content (AvgIpc) is 2.55. The summed E-state index contributed by atoms with van der Waals surface area (Å²) in [6, 6.07) is 13.5. The first-order chi connectivity index (χ1) is 11.3. The summed E-state index contributed by atoms with van der Waals surface area (Å²) < 4.78 is 27.0. The highest BCUT2D eigenvalue weighted by molar-refractivity contribution is 7.89. The van der Waals surface area contributed by atoms with Crippen molar-refractivity contribution in [1.82, 2.24) is 4.72 Å². The number of nitrogens with zero attached hydrogens (tertiary/aromatic N) is 2. The van der Waals surface area contributed by atoms with Crippen molar-refractivity contribution >= 4 is 21.4 Å². The fraction of sp³-hybridized carbons (Fsp3) is 0.250. The Hall–Kier alpha value is -2.45. The monoisotopic (exact) mass is 349 g/mol. The topological polar surface area (TPSA) is 92.6 Å². The number of aryl methyl sites for hydroxylation is 1. The first-order valence-electron chi connectivity index (χ1n) is 7.32. The molecule has 0 radical (unpaired) electrons. The number of likely N-dealkylation sites (N-methyl/N-ethyl adjacent to an activating group) is 1. The molecule has 1 N–H and O–H groups in total. The van der Waals surface area contributed by atoms with Crippen molar-refractivity contribution in [2.24, 2.45) is 0 Å². The van der Waals surface area contributed by atoms with Gasteiger partial charge in [-0.25, -0.2) is 13.1 Å². The molecular weight excluding hydrogens is 330 g/mol. The van der Waals surface area contributed by atoms with E-state index in [0.717, 1.165) is 11.8 Å². The van der Waals surface area contributed by atoms with E-state index in [2.05, 4.69) is 4.72 Å². The van der Waals surface area contributed by atoms with Crippen LogP contribution in [0.3, 0.4) is 0 Å². The van der Waals surface area contributed by atoms with Crippen molar-refractivity contribution in [2.75, 3.05) is 25.0 Å². The molecule has 0 aromatic heterocycles. The normalized spacial score (nSPS) is 11.2. The predicted molar refractivity (Wildman–Crippen MR) is 92.7 cm³/mol. The fourth-order valence-electron chi connectivity index (χ4n) is 2.20. The number of benzene rings is 2. The van der Waals surface area contributed by atoms with Gasteiger partial charge in [0.25, 0.3) is 5.69 Å². The summed E-state index contributed by atoms with van der Waals surface area (Å²) in [6.07, 6.45) is 0. The quantitative estimate of drug-likeness (QED) is 0.612. The van der Waals surface area contributed by atoms with Gasteiger partial charge in [0, 0.05) is 37.5 Å². The van der Waals surface area contributed by atoms with Crippen LogP contribution < -0.4 is 9.62 Å². The molecule has 2 rings (SSSR count). The van der Waals surface area contributed by atoms with E-state index in [4.69, 9.17) is 0 Å². The molecule has 0 aliphatic rings. The number of nitro groups is 1. The lowest BCUT2D eigenvalue weighted by Crippen LogP contribution is -2.33. The first kappa shape index (κ1) is 17.9. The molecule has 2 aromatic rings. The smallest absolute Gasteiger partial charge is 0.273 e. The van der Waals surface area contributed by atoms with E-state index >= 15 is 0 Å². The number of anilines is 1. The van der Waals surface area contributed by atoms with E-state index in [-0.39, 0.29) is 17.1 Å². The Bertz CT molecular complexity index is 822. The van der Waals surface area contributed by atoms with Crippen LogP contribution in [-0.4, -0.2) is 33.5 Å². The summed E-state index contributed by atoms with van der Waals surface area (Å²) in [4.78, 5) is 12.2. The van der Waals surface area contributed by atoms with E-state index in [1.807, 2.05) is 42.3 Å². The largest absolute Gasteiger partial charge is 0.373 e. The molecule has 7 nitrogen and oxygen atoms in total. The minimum absolute atomic E-state index is 0.109. The van der Waals surface area contributed by atoms with Crippen LogP contribution in [0.15, 0.2) is 53.4 Å². The Balaban J connectivity index is 2.04. The zero-order valence-corrected chi connectivity index (χ0v) is 14.3. The van der Waals surface area contributed by atoms with Crippen LogP contribution in [0.2, 0.25) is 0 Å². The van der Waals surface area contributed by atoms with Crippen LogP contribution in [0, 0.1) is 17.0 Å². The van der Waals surface area contributed by atoms with Gasteiger partial charge in [-0.3, -0.25) is 10.1 Å². The maximum absolute atomic E-state index is 12.3. The first-order valence-corrected chi connectivity index (χ1v) is 8.80. The number of para-hydroxylation sites is 1. The van der Waals surface area contributed by atoms with Crippen molar-refractivity contribution in [1.29, 1.82) is 0 Å². The molecule has 24 heavy (non-hydrogen) atoms. The second kappa shape index (κ2) is 7.41. The molecule has 0 spiro atoms. The molecule has 0 aliphatic carbocycles. The lowest BCUT2D eigenvalue weighted by molar-refractivity contribution is -0.385. The zero-order chi connectivity index (χ0) is 17.7. The molecule has 0 saturated heterocycles. The SMILES string of the molecule is Cc1ccc(S(=O)(=O)NCCN(C)c2ccccc2)cc1[N+](=O)[O-]. The molecule has 8 heteroatoms. The number of hydrogen-bond donors (Lipinski definition) is 1. The third kappa shape index (κ3) is 4.30. The molecule has 0 bridgehead atoms. The lowest BCUT2D eigenvalue weighted by atomic mass is 10.2. The second-order valence-corrected chi connectivity index (χ2v) is 7.13. The van der Waals surface area contributed by atoms with Crippen molar-refractivity contribution in [3.8, 4) is 0 Å². The predicted octanol–water partition coefficient (Wildman–Crippen LogP) is 2.32. The lowest BCUT2D eigenvalue weighted by Gasteiger charge is -2.19. The summed E-state index contributed by atoms with van der Waals surface area (Å²) in [5, 5.41) is 10.9. The van der Waals surface area contributed by atoms with Gasteiger partial charge in [-0.2, -0.15) is 0 Å². The Morgan fingerprint density at radius 1 is 1.17 bits per heavy atom. The highest BCUT2D eigenvalue weighted by atomic mass is 32.2. The van der Waals surface area contributed by atoms with Gasteiger partial charge in [-0.15, -0.1) is 0 Å². The van der Waals surface area contributed by atoms with Gasteiger partial charge in [-0.05, 0) is 25.1 Å². The number of hydrogen-bond acceptors (Lipinski definition) is 5. The standard InChI is InChI=1S/C16H19N3O4S/c1-13-8-9-15(12-16(13)19(20)21)24(22,23)17-10-11-18(2)14-6-4-3-5-7-14/h3-9,12,17H,10-11H2,1-2H3. The van der Waals surface area contributed by atoms with Gasteiger partial charge >= 0.3 is 0 Å². The van der Waals surface area contributed by atoms with Crippen molar-refractivity contribution < 1.29 is 13.3 Å². The Morgan fingerprint density at radius 2 is 1.83 bits per heavy atom. The van der Waals surface area contributed by atoms with Gasteiger partial charge < -0.3 is 4.90 Å². The highest BCUT2D eigenvalue weighted by Crippen LogP contribution is 2.22. The number of nitro benzene ring substituents is 1. The molecule has 0 unspecified atom stereocenters. The summed E-state index contributed by atoms with van der Waals surface area (Å²) in [6.45, 7) is 2.23. The molecule has 0 fully saturated rings. The van der Waals surface area contributed by atoms with Crippen LogP contribution in [0.1, 0.15) is 5.56 Å². The maximum Gasteiger partial charge on any atom is 0.273 e. The molecule has 0 saturated carbocycles. The van der Waals surface area contributed by atoms with E-state index in [0.29, 0.717) is 12.1 Å². The Labute approximate surface area is 141 Å². The third-order valence-electron chi connectivity index (χ3n) is 3.62. The molecule has 0 aliphatic heterocycles. The summed E-state index contributed by atoms with van der Waals surface area (Å²) in [5.41, 5.74) is 1.18. The van der Waals surface area contributed by atoms with Crippen LogP contribution in [-0.2, 0) is 10.0 Å². The van der Waals surface area contributed by atoms with Gasteiger partial charge in [0.05, 0.1) is 9.82 Å². The van der Waals surface area contributed by atoms with E-state index in [1.165, 1.54) is 12.1 Å². The third-order valence-corrected chi connectivity index (χ3v) is 5.08. The number of rotatable bonds is 7. The molecule has 128 valence electrons. The minimum Gasteiger partial charge on any atom is -0.373 e. The van der Waals surface area contributed by atoms with Gasteiger partial charge in [0.2, 0.25) is 10.0 Å². The van der Waals surface area contributed by atoms with Crippen molar-refractivity contribution in [3.05, 3.63) is 64.2 Å². The fourth-order valence-corrected chi connectivity index (χ4v) is 3.24. The summed E-state index contributed by atoms with van der Waals surface area (Å²) in [5.74, 6) is 0. The number of sulfonamides is 1. The van der Waals surface area contributed by atoms with Gasteiger partial charge in [0.15, 0.2) is 0 Å². The van der Waals surface area contributed by atoms with Crippen LogP contribution in [0.4, 0.5) is 11.4 Å². The molecule has 2 aromatic carbocycles. The molecule has 0 atom stereocenters. The van der Waals surface area contributed by atoms with E-state index < -0.39 is 14.9 Å². The molecule has 0 amide bonds. The minimum atomic E-state index is -3.79.